The minimum Gasteiger partial charge on any atom is -0.396 e. The summed E-state index contributed by atoms with van der Waals surface area (Å²) >= 11 is 0. The molecular weight excluding hydrogens is 266 g/mol. The van der Waals surface area contributed by atoms with E-state index in [-0.39, 0.29) is 12.2 Å². The Kier molecular flexibility index (Phi) is 6.38. The lowest BCUT2D eigenvalue weighted by atomic mass is 10.1. The molecule has 112 valence electrons. The summed E-state index contributed by atoms with van der Waals surface area (Å²) in [5, 5.41) is 2.44. The van der Waals surface area contributed by atoms with Gasteiger partial charge in [0.2, 0.25) is 0 Å². The molecular formula is C14H20F2N2O2. The van der Waals surface area contributed by atoms with Crippen molar-refractivity contribution in [1.29, 1.82) is 0 Å². The fourth-order valence-corrected chi connectivity index (χ4v) is 1.56. The third-order valence-corrected chi connectivity index (χ3v) is 2.55. The molecule has 1 aromatic carbocycles. The summed E-state index contributed by atoms with van der Waals surface area (Å²) in [4.78, 5) is 11.7. The van der Waals surface area contributed by atoms with Crippen LogP contribution in [0, 0.1) is 17.6 Å². The first-order valence-electron chi connectivity index (χ1n) is 6.53. The lowest BCUT2D eigenvalue weighted by Crippen LogP contribution is -2.27. The number of nitrogen functional groups attached to an aromatic ring is 1. The maximum Gasteiger partial charge on any atom is 0.257 e. The molecule has 0 spiro atoms. The van der Waals surface area contributed by atoms with Gasteiger partial charge in [-0.25, -0.2) is 8.78 Å². The molecule has 0 radical (unpaired) electrons. The van der Waals surface area contributed by atoms with Crippen LogP contribution in [0.15, 0.2) is 12.1 Å². The molecule has 1 aromatic rings. The number of rotatable bonds is 7. The van der Waals surface area contributed by atoms with E-state index in [1.807, 2.05) is 13.8 Å². The highest BCUT2D eigenvalue weighted by Crippen LogP contribution is 2.18. The number of halogens is 2. The van der Waals surface area contributed by atoms with Crippen LogP contribution >= 0.6 is 0 Å². The predicted octanol–water partition coefficient (Wildman–Crippen LogP) is 2.34. The van der Waals surface area contributed by atoms with E-state index in [1.54, 1.807) is 0 Å². The van der Waals surface area contributed by atoms with Crippen LogP contribution in [-0.2, 0) is 4.74 Å². The summed E-state index contributed by atoms with van der Waals surface area (Å²) in [5.41, 5.74) is 4.41. The number of nitrogens with one attached hydrogen (secondary N) is 1. The highest BCUT2D eigenvalue weighted by Gasteiger charge is 2.18. The summed E-state index contributed by atoms with van der Waals surface area (Å²) in [6, 6.07) is 2.06. The molecule has 0 aromatic heterocycles. The minimum absolute atomic E-state index is 0.253. The van der Waals surface area contributed by atoms with E-state index >= 15 is 0 Å². The van der Waals surface area contributed by atoms with Gasteiger partial charge in [-0.3, -0.25) is 4.79 Å². The van der Waals surface area contributed by atoms with Crippen molar-refractivity contribution in [2.45, 2.75) is 20.3 Å². The number of hydrogen-bond donors (Lipinski definition) is 2. The highest BCUT2D eigenvalue weighted by atomic mass is 19.1. The summed E-state index contributed by atoms with van der Waals surface area (Å²) in [6.45, 7) is 5.48. The first-order chi connectivity index (χ1) is 9.43. The Morgan fingerprint density at radius 2 is 2.10 bits per heavy atom. The number of hydrogen-bond acceptors (Lipinski definition) is 3. The monoisotopic (exact) mass is 286 g/mol. The van der Waals surface area contributed by atoms with Crippen molar-refractivity contribution in [2.75, 3.05) is 25.5 Å². The molecule has 0 saturated heterocycles. The molecule has 0 atom stereocenters. The van der Waals surface area contributed by atoms with Gasteiger partial charge in [0, 0.05) is 19.8 Å². The van der Waals surface area contributed by atoms with Gasteiger partial charge in [0.15, 0.2) is 5.82 Å². The van der Waals surface area contributed by atoms with Crippen LogP contribution in [-0.4, -0.2) is 25.7 Å². The van der Waals surface area contributed by atoms with Crippen LogP contribution in [0.25, 0.3) is 0 Å². The second-order valence-electron chi connectivity index (χ2n) is 4.90. The molecule has 0 bridgehead atoms. The zero-order valence-corrected chi connectivity index (χ0v) is 11.7. The molecule has 0 unspecified atom stereocenters. The smallest absolute Gasteiger partial charge is 0.257 e. The summed E-state index contributed by atoms with van der Waals surface area (Å²) in [6.07, 6.45) is 0.573. The van der Waals surface area contributed by atoms with Crippen molar-refractivity contribution >= 4 is 11.6 Å². The van der Waals surface area contributed by atoms with Gasteiger partial charge >= 0.3 is 0 Å². The quantitative estimate of drug-likeness (QED) is 0.597. The van der Waals surface area contributed by atoms with Gasteiger partial charge < -0.3 is 15.8 Å². The number of ether oxygens (including phenoxy) is 1. The summed E-state index contributed by atoms with van der Waals surface area (Å²) < 4.78 is 32.3. The minimum atomic E-state index is -1.03. The summed E-state index contributed by atoms with van der Waals surface area (Å²) in [5.74, 6) is -2.32. The normalized spacial score (nSPS) is 10.8. The van der Waals surface area contributed by atoms with Crippen molar-refractivity contribution < 1.29 is 18.3 Å². The third kappa shape index (κ3) is 4.77. The third-order valence-electron chi connectivity index (χ3n) is 2.55. The molecule has 20 heavy (non-hydrogen) atoms. The van der Waals surface area contributed by atoms with Gasteiger partial charge in [0.25, 0.3) is 5.91 Å². The molecule has 0 saturated carbocycles. The molecule has 0 heterocycles. The zero-order valence-electron chi connectivity index (χ0n) is 11.7. The molecule has 4 nitrogen and oxygen atoms in total. The van der Waals surface area contributed by atoms with Crippen molar-refractivity contribution in [1.82, 2.24) is 5.32 Å². The average molecular weight is 286 g/mol. The molecule has 0 aliphatic carbocycles. The van der Waals surface area contributed by atoms with Crippen LogP contribution in [0.4, 0.5) is 14.5 Å². The largest absolute Gasteiger partial charge is 0.396 e. The number of carbonyl (C=O) groups excluding carboxylic acids is 1. The fraction of sp³-hybridized carbons (Fsp3) is 0.500. The lowest BCUT2D eigenvalue weighted by Gasteiger charge is -2.09. The van der Waals surface area contributed by atoms with Crippen molar-refractivity contribution in [3.63, 3.8) is 0 Å². The molecule has 0 aliphatic rings. The molecule has 1 rings (SSSR count). The first-order valence-corrected chi connectivity index (χ1v) is 6.53. The molecule has 6 heteroatoms. The number of carbonyl (C=O) groups is 1. The fourth-order valence-electron chi connectivity index (χ4n) is 1.56. The van der Waals surface area contributed by atoms with Crippen molar-refractivity contribution in [2.24, 2.45) is 5.92 Å². The van der Waals surface area contributed by atoms with E-state index < -0.39 is 23.1 Å². The van der Waals surface area contributed by atoms with E-state index in [4.69, 9.17) is 10.5 Å². The summed E-state index contributed by atoms with van der Waals surface area (Å²) in [7, 11) is 0. The van der Waals surface area contributed by atoms with Gasteiger partial charge in [-0.15, -0.1) is 0 Å². The van der Waals surface area contributed by atoms with Crippen LogP contribution < -0.4 is 11.1 Å². The van der Waals surface area contributed by atoms with Crippen LogP contribution in [0.2, 0.25) is 0 Å². The Hall–Kier alpha value is -1.69. The Morgan fingerprint density at radius 3 is 2.75 bits per heavy atom. The number of amides is 1. The molecule has 0 fully saturated rings. The van der Waals surface area contributed by atoms with Gasteiger partial charge in [-0.2, -0.15) is 0 Å². The average Bonchev–Trinajstić information content (AvgIpc) is 2.38. The lowest BCUT2D eigenvalue weighted by molar-refractivity contribution is 0.0918. The number of anilines is 1. The zero-order chi connectivity index (χ0) is 15.1. The van der Waals surface area contributed by atoms with E-state index in [9.17, 15) is 13.6 Å². The van der Waals surface area contributed by atoms with Crippen LogP contribution in [0.5, 0.6) is 0 Å². The van der Waals surface area contributed by atoms with E-state index in [0.717, 1.165) is 12.1 Å². The van der Waals surface area contributed by atoms with Gasteiger partial charge in [-0.05, 0) is 24.5 Å². The maximum atomic E-state index is 13.6. The maximum absolute atomic E-state index is 13.6. The number of nitrogens with two attached hydrogens (primary N) is 1. The Labute approximate surface area is 117 Å². The topological polar surface area (TPSA) is 64.3 Å². The van der Waals surface area contributed by atoms with Gasteiger partial charge in [-0.1, -0.05) is 13.8 Å². The Balaban J connectivity index is 2.42. The molecule has 0 aliphatic heterocycles. The first kappa shape index (κ1) is 16.4. The second-order valence-corrected chi connectivity index (χ2v) is 4.90. The Morgan fingerprint density at radius 1 is 1.40 bits per heavy atom. The predicted molar refractivity (Wildman–Crippen MR) is 73.4 cm³/mol. The second kappa shape index (κ2) is 7.79. The van der Waals surface area contributed by atoms with E-state index in [1.165, 1.54) is 0 Å². The van der Waals surface area contributed by atoms with Gasteiger partial charge in [0.1, 0.15) is 11.4 Å². The highest BCUT2D eigenvalue weighted by molar-refractivity contribution is 5.95. The molecule has 1 amide bonds. The Bertz CT molecular complexity index is 465. The van der Waals surface area contributed by atoms with E-state index in [2.05, 4.69) is 5.32 Å². The SMILES string of the molecule is CC(C)COCCCNC(=O)c1c(F)ccc(N)c1F. The number of benzene rings is 1. The van der Waals surface area contributed by atoms with Crippen LogP contribution in [0.1, 0.15) is 30.6 Å². The van der Waals surface area contributed by atoms with Crippen molar-refractivity contribution in [3.05, 3.63) is 29.3 Å². The van der Waals surface area contributed by atoms with E-state index in [0.29, 0.717) is 25.6 Å². The van der Waals surface area contributed by atoms with Gasteiger partial charge in [0.05, 0.1) is 5.69 Å². The standard InChI is InChI=1S/C14H20F2N2O2/c1-9(2)8-20-7-3-6-18-14(19)12-10(15)4-5-11(17)13(12)16/h4-5,9H,3,6-8,17H2,1-2H3,(H,18,19). The molecule has 3 N–H and O–H groups in total. The van der Waals surface area contributed by atoms with Crippen molar-refractivity contribution in [3.8, 4) is 0 Å². The van der Waals surface area contributed by atoms with Crippen LogP contribution in [0.3, 0.4) is 0 Å².